The summed E-state index contributed by atoms with van der Waals surface area (Å²) in [7, 11) is -7.23. The van der Waals surface area contributed by atoms with Gasteiger partial charge in [-0.1, -0.05) is 28.8 Å². The number of sulfone groups is 1. The molecule has 2 atom stereocenters. The van der Waals surface area contributed by atoms with Gasteiger partial charge in [0.05, 0.1) is 0 Å². The van der Waals surface area contributed by atoms with Crippen molar-refractivity contribution in [1.82, 2.24) is 4.72 Å². The van der Waals surface area contributed by atoms with Crippen LogP contribution in [0.4, 0.5) is 0 Å². The van der Waals surface area contributed by atoms with E-state index in [9.17, 15) is 16.8 Å². The summed E-state index contributed by atoms with van der Waals surface area (Å²) in [5.41, 5.74) is 0. The molecule has 17 heavy (non-hydrogen) atoms. The van der Waals surface area contributed by atoms with Gasteiger partial charge >= 0.3 is 0 Å². The molecule has 0 amide bonds. The smallest absolute Gasteiger partial charge is 0.226 e. The van der Waals surface area contributed by atoms with Gasteiger partial charge in [-0.25, -0.2) is 21.6 Å². The Bertz CT molecular complexity index is 446. The third kappa shape index (κ3) is 6.17. The number of halogens is 1. The van der Waals surface area contributed by atoms with Gasteiger partial charge < -0.3 is 0 Å². The van der Waals surface area contributed by atoms with E-state index in [4.69, 9.17) is 0 Å². The maximum Gasteiger partial charge on any atom is 0.226 e. The Balaban J connectivity index is 2.49. The molecule has 0 saturated heterocycles. The maximum atomic E-state index is 11.5. The predicted octanol–water partition coefficient (Wildman–Crippen LogP) is 0.862. The molecule has 8 heteroatoms. The second-order valence-electron chi connectivity index (χ2n) is 4.57. The summed E-state index contributed by atoms with van der Waals surface area (Å²) >= 11 is 3.53. The first-order chi connectivity index (χ1) is 7.70. The zero-order valence-electron chi connectivity index (χ0n) is 9.72. The maximum absolute atomic E-state index is 11.5. The minimum absolute atomic E-state index is 0.248. The van der Waals surface area contributed by atoms with Crippen molar-refractivity contribution in [3.05, 3.63) is 0 Å². The Morgan fingerprint density at radius 2 is 1.76 bits per heavy atom. The van der Waals surface area contributed by atoms with Crippen LogP contribution < -0.4 is 4.72 Å². The molecule has 1 fully saturated rings. The van der Waals surface area contributed by atoms with E-state index in [2.05, 4.69) is 20.7 Å². The van der Waals surface area contributed by atoms with Crippen LogP contribution >= 0.6 is 15.9 Å². The SMILES string of the molecule is CS(=O)(=O)CS(=O)(=O)NCC1CCCCC1Br. The van der Waals surface area contributed by atoms with E-state index in [1.807, 2.05) is 0 Å². The molecule has 1 N–H and O–H groups in total. The summed E-state index contributed by atoms with van der Waals surface area (Å²) in [6.45, 7) is 0.313. The van der Waals surface area contributed by atoms with Gasteiger partial charge in [0, 0.05) is 17.6 Å². The first-order valence-electron chi connectivity index (χ1n) is 5.49. The lowest BCUT2D eigenvalue weighted by Gasteiger charge is -2.27. The van der Waals surface area contributed by atoms with Crippen molar-refractivity contribution < 1.29 is 16.8 Å². The van der Waals surface area contributed by atoms with Crippen molar-refractivity contribution in [3.63, 3.8) is 0 Å². The molecule has 1 rings (SSSR count). The largest absolute Gasteiger partial charge is 0.228 e. The van der Waals surface area contributed by atoms with Crippen molar-refractivity contribution >= 4 is 35.8 Å². The third-order valence-corrected chi connectivity index (χ3v) is 7.52. The Kier molecular flexibility index (Phi) is 5.42. The zero-order valence-corrected chi connectivity index (χ0v) is 12.9. The van der Waals surface area contributed by atoms with Crippen molar-refractivity contribution in [2.45, 2.75) is 30.5 Å². The van der Waals surface area contributed by atoms with Gasteiger partial charge in [0.25, 0.3) is 0 Å². The number of alkyl halides is 1. The molecular formula is C9H18BrNO4S2. The van der Waals surface area contributed by atoms with Gasteiger partial charge in [0.2, 0.25) is 10.0 Å². The van der Waals surface area contributed by atoms with Crippen molar-refractivity contribution in [2.24, 2.45) is 5.92 Å². The van der Waals surface area contributed by atoms with Crippen molar-refractivity contribution in [1.29, 1.82) is 0 Å². The van der Waals surface area contributed by atoms with Gasteiger partial charge in [0.1, 0.15) is 0 Å². The average molecular weight is 348 g/mol. The molecule has 102 valence electrons. The van der Waals surface area contributed by atoms with E-state index in [-0.39, 0.29) is 5.92 Å². The van der Waals surface area contributed by atoms with Crippen molar-refractivity contribution in [3.8, 4) is 0 Å². The van der Waals surface area contributed by atoms with Gasteiger partial charge in [-0.3, -0.25) is 0 Å². The highest BCUT2D eigenvalue weighted by Crippen LogP contribution is 2.29. The van der Waals surface area contributed by atoms with Crippen LogP contribution in [-0.4, -0.2) is 39.5 Å². The fourth-order valence-corrected chi connectivity index (χ4v) is 5.78. The molecule has 0 aromatic heterocycles. The molecule has 1 aliphatic rings. The van der Waals surface area contributed by atoms with Crippen LogP contribution in [0.2, 0.25) is 0 Å². The van der Waals surface area contributed by atoms with Crippen LogP contribution in [0.25, 0.3) is 0 Å². The van der Waals surface area contributed by atoms with Crippen LogP contribution in [0.1, 0.15) is 25.7 Å². The van der Waals surface area contributed by atoms with Crippen LogP contribution in [0.3, 0.4) is 0 Å². The van der Waals surface area contributed by atoms with Gasteiger partial charge in [-0.2, -0.15) is 0 Å². The Morgan fingerprint density at radius 3 is 2.29 bits per heavy atom. The quantitative estimate of drug-likeness (QED) is 0.748. The topological polar surface area (TPSA) is 80.3 Å². The fraction of sp³-hybridized carbons (Fsp3) is 1.00. The highest BCUT2D eigenvalue weighted by molar-refractivity contribution is 9.09. The summed E-state index contributed by atoms with van der Waals surface area (Å²) in [4.78, 5) is 0.317. The Hall–Kier alpha value is 0.340. The second kappa shape index (κ2) is 5.99. The van der Waals surface area contributed by atoms with Crippen LogP contribution in [0.15, 0.2) is 0 Å². The number of rotatable bonds is 5. The lowest BCUT2D eigenvalue weighted by atomic mass is 9.89. The van der Waals surface area contributed by atoms with Gasteiger partial charge in [-0.15, -0.1) is 0 Å². The van der Waals surface area contributed by atoms with Crippen LogP contribution in [-0.2, 0) is 19.9 Å². The first kappa shape index (κ1) is 15.4. The molecule has 0 heterocycles. The monoisotopic (exact) mass is 347 g/mol. The van der Waals surface area contributed by atoms with E-state index in [1.165, 1.54) is 0 Å². The second-order valence-corrected chi connectivity index (χ2v) is 10.1. The molecule has 1 aliphatic carbocycles. The van der Waals surface area contributed by atoms with Crippen LogP contribution in [0, 0.1) is 5.92 Å². The van der Waals surface area contributed by atoms with E-state index in [0.717, 1.165) is 31.9 Å². The molecule has 0 bridgehead atoms. The molecule has 0 aliphatic heterocycles. The first-order valence-corrected chi connectivity index (χ1v) is 10.1. The molecule has 0 radical (unpaired) electrons. The highest BCUT2D eigenvalue weighted by atomic mass is 79.9. The standard InChI is InChI=1S/C9H18BrNO4S2/c1-16(12,13)7-17(14,15)11-6-8-4-2-3-5-9(8)10/h8-9,11H,2-7H2,1H3. The summed E-state index contributed by atoms with van der Waals surface area (Å²) in [5, 5.41) is -0.834. The summed E-state index contributed by atoms with van der Waals surface area (Å²) in [5.74, 6) is 0.248. The Labute approximate surface area is 111 Å². The number of hydrogen-bond acceptors (Lipinski definition) is 4. The van der Waals surface area contributed by atoms with Gasteiger partial charge in [-0.05, 0) is 18.8 Å². The molecule has 0 aromatic carbocycles. The predicted molar refractivity (Wildman–Crippen MR) is 71.3 cm³/mol. The summed E-state index contributed by atoms with van der Waals surface area (Å²) < 4.78 is 47.2. The van der Waals surface area contributed by atoms with E-state index < -0.39 is 24.9 Å². The number of hydrogen-bond donors (Lipinski definition) is 1. The normalized spacial score (nSPS) is 26.9. The van der Waals surface area contributed by atoms with E-state index in [0.29, 0.717) is 11.4 Å². The third-order valence-electron chi connectivity index (χ3n) is 2.75. The highest BCUT2D eigenvalue weighted by Gasteiger charge is 2.25. The molecular weight excluding hydrogens is 330 g/mol. The molecule has 0 spiro atoms. The molecule has 2 unspecified atom stereocenters. The molecule has 5 nitrogen and oxygen atoms in total. The van der Waals surface area contributed by atoms with Gasteiger partial charge in [0.15, 0.2) is 14.9 Å². The minimum Gasteiger partial charge on any atom is -0.228 e. The Morgan fingerprint density at radius 1 is 1.18 bits per heavy atom. The zero-order chi connectivity index (χ0) is 13.1. The van der Waals surface area contributed by atoms with E-state index in [1.54, 1.807) is 0 Å². The molecule has 1 saturated carbocycles. The van der Waals surface area contributed by atoms with Crippen LogP contribution in [0.5, 0.6) is 0 Å². The minimum atomic E-state index is -3.72. The fourth-order valence-electron chi connectivity index (χ4n) is 1.95. The number of nitrogens with one attached hydrogen (secondary N) is 1. The molecule has 0 aromatic rings. The number of sulfonamides is 1. The lowest BCUT2D eigenvalue weighted by molar-refractivity contribution is 0.373. The lowest BCUT2D eigenvalue weighted by Crippen LogP contribution is -2.37. The summed E-state index contributed by atoms with van der Waals surface area (Å²) in [6.07, 6.45) is 5.18. The summed E-state index contributed by atoms with van der Waals surface area (Å²) in [6, 6.07) is 0. The van der Waals surface area contributed by atoms with Crippen molar-refractivity contribution in [2.75, 3.05) is 17.9 Å². The average Bonchev–Trinajstić information content (AvgIpc) is 2.13. The van der Waals surface area contributed by atoms with E-state index >= 15 is 0 Å².